The number of rotatable bonds is 4. The van der Waals surface area contributed by atoms with E-state index in [0.717, 1.165) is 29.8 Å². The first-order chi connectivity index (χ1) is 7.72. The van der Waals surface area contributed by atoms with Gasteiger partial charge in [0.1, 0.15) is 5.52 Å². The first kappa shape index (κ1) is 11.4. The van der Waals surface area contributed by atoms with Crippen molar-refractivity contribution in [1.29, 1.82) is 0 Å². The summed E-state index contributed by atoms with van der Waals surface area (Å²) in [5.41, 5.74) is 7.26. The molecular weight excluding hydrogens is 224 g/mol. The molecule has 0 aliphatic carbocycles. The van der Waals surface area contributed by atoms with Gasteiger partial charge in [0, 0.05) is 11.4 Å². The molecule has 1 aromatic carbocycles. The third-order valence-electron chi connectivity index (χ3n) is 2.77. The smallest absolute Gasteiger partial charge is 0.195 e. The number of hydrogen-bond acceptors (Lipinski definition) is 3. The van der Waals surface area contributed by atoms with Crippen LogP contribution in [0.15, 0.2) is 22.6 Å². The molecule has 0 fully saturated rings. The van der Waals surface area contributed by atoms with E-state index in [2.05, 4.69) is 11.9 Å². The fourth-order valence-electron chi connectivity index (χ4n) is 1.68. The Labute approximate surface area is 99.6 Å². The first-order valence-corrected chi connectivity index (χ1v) is 5.85. The average molecular weight is 239 g/mol. The number of nitrogens with zero attached hydrogens (tertiary/aromatic N) is 1. The monoisotopic (exact) mass is 238 g/mol. The highest BCUT2D eigenvalue weighted by Crippen LogP contribution is 2.21. The van der Waals surface area contributed by atoms with Crippen molar-refractivity contribution in [3.63, 3.8) is 0 Å². The fraction of sp³-hybridized carbons (Fsp3) is 0.417. The van der Waals surface area contributed by atoms with Crippen LogP contribution < -0.4 is 5.73 Å². The van der Waals surface area contributed by atoms with Crippen LogP contribution in [0.5, 0.6) is 0 Å². The molecule has 2 N–H and O–H groups in total. The second-order valence-electron chi connectivity index (χ2n) is 3.93. The molecule has 4 heteroatoms. The molecule has 2 aromatic rings. The van der Waals surface area contributed by atoms with Crippen molar-refractivity contribution >= 4 is 22.7 Å². The minimum Gasteiger partial charge on any atom is -0.441 e. The lowest BCUT2D eigenvalue weighted by Crippen LogP contribution is -2.15. The summed E-state index contributed by atoms with van der Waals surface area (Å²) in [7, 11) is 0. The van der Waals surface area contributed by atoms with Gasteiger partial charge in [0.2, 0.25) is 0 Å². The van der Waals surface area contributed by atoms with Crippen molar-refractivity contribution in [2.24, 2.45) is 11.7 Å². The van der Waals surface area contributed by atoms with Gasteiger partial charge in [0.25, 0.3) is 0 Å². The summed E-state index contributed by atoms with van der Waals surface area (Å²) in [5.74, 6) is 1.18. The standard InChI is InChI=1S/C12H15ClN2O/c1-2-8(7-14)5-12-15-10-6-9(13)3-4-11(10)16-12/h3-4,6,8H,2,5,7,14H2,1H3. The van der Waals surface area contributed by atoms with Gasteiger partial charge in [-0.3, -0.25) is 0 Å². The second kappa shape index (κ2) is 4.85. The minimum absolute atomic E-state index is 0.434. The van der Waals surface area contributed by atoms with E-state index in [1.807, 2.05) is 12.1 Å². The summed E-state index contributed by atoms with van der Waals surface area (Å²) >= 11 is 5.89. The number of aromatic nitrogens is 1. The van der Waals surface area contributed by atoms with Gasteiger partial charge in [0.15, 0.2) is 11.5 Å². The zero-order valence-electron chi connectivity index (χ0n) is 9.24. The summed E-state index contributed by atoms with van der Waals surface area (Å²) in [4.78, 5) is 4.40. The Morgan fingerprint density at radius 3 is 3.00 bits per heavy atom. The second-order valence-corrected chi connectivity index (χ2v) is 4.37. The van der Waals surface area contributed by atoms with Gasteiger partial charge < -0.3 is 10.2 Å². The predicted molar refractivity (Wildman–Crippen MR) is 65.6 cm³/mol. The molecule has 16 heavy (non-hydrogen) atoms. The summed E-state index contributed by atoms with van der Waals surface area (Å²) < 4.78 is 5.63. The Kier molecular flexibility index (Phi) is 3.46. The van der Waals surface area contributed by atoms with E-state index in [1.165, 1.54) is 0 Å². The number of hydrogen-bond donors (Lipinski definition) is 1. The van der Waals surface area contributed by atoms with Crippen molar-refractivity contribution in [3.05, 3.63) is 29.1 Å². The van der Waals surface area contributed by atoms with Crippen LogP contribution in [0, 0.1) is 5.92 Å². The lowest BCUT2D eigenvalue weighted by Gasteiger charge is -2.07. The Bertz CT molecular complexity index is 477. The zero-order valence-corrected chi connectivity index (χ0v) is 10.00. The van der Waals surface area contributed by atoms with Gasteiger partial charge in [0.05, 0.1) is 0 Å². The van der Waals surface area contributed by atoms with Gasteiger partial charge >= 0.3 is 0 Å². The molecule has 1 unspecified atom stereocenters. The molecule has 0 spiro atoms. The van der Waals surface area contributed by atoms with Gasteiger partial charge in [-0.25, -0.2) is 4.98 Å². The molecule has 0 amide bonds. The highest BCUT2D eigenvalue weighted by atomic mass is 35.5. The van der Waals surface area contributed by atoms with Crippen molar-refractivity contribution in [2.75, 3.05) is 6.54 Å². The van der Waals surface area contributed by atoms with Crippen LogP contribution in [0.3, 0.4) is 0 Å². The molecule has 0 saturated carbocycles. The highest BCUT2D eigenvalue weighted by Gasteiger charge is 2.11. The van der Waals surface area contributed by atoms with E-state index in [-0.39, 0.29) is 0 Å². The molecule has 3 nitrogen and oxygen atoms in total. The largest absolute Gasteiger partial charge is 0.441 e. The Balaban J connectivity index is 2.25. The van der Waals surface area contributed by atoms with Gasteiger partial charge in [-0.15, -0.1) is 0 Å². The van der Waals surface area contributed by atoms with Crippen molar-refractivity contribution in [3.8, 4) is 0 Å². The Hall–Kier alpha value is -1.06. The Morgan fingerprint density at radius 2 is 2.31 bits per heavy atom. The molecule has 0 aliphatic heterocycles. The number of oxazole rings is 1. The van der Waals surface area contributed by atoms with Gasteiger partial charge in [-0.2, -0.15) is 0 Å². The fourth-order valence-corrected chi connectivity index (χ4v) is 1.84. The van der Waals surface area contributed by atoms with Crippen LogP contribution in [0.25, 0.3) is 11.1 Å². The maximum Gasteiger partial charge on any atom is 0.195 e. The third kappa shape index (κ3) is 2.36. The Morgan fingerprint density at radius 1 is 1.50 bits per heavy atom. The predicted octanol–water partition coefficient (Wildman–Crippen LogP) is 3.01. The van der Waals surface area contributed by atoms with Gasteiger partial charge in [-0.1, -0.05) is 24.9 Å². The van der Waals surface area contributed by atoms with E-state index in [0.29, 0.717) is 17.5 Å². The van der Waals surface area contributed by atoms with Gasteiger partial charge in [-0.05, 0) is 30.7 Å². The summed E-state index contributed by atoms with van der Waals surface area (Å²) in [6.45, 7) is 2.78. The average Bonchev–Trinajstić information content (AvgIpc) is 2.67. The van der Waals surface area contributed by atoms with Crippen LogP contribution in [0.2, 0.25) is 5.02 Å². The van der Waals surface area contributed by atoms with E-state index in [1.54, 1.807) is 6.07 Å². The molecular formula is C12H15ClN2O. The molecule has 0 aliphatic rings. The lowest BCUT2D eigenvalue weighted by molar-refractivity contribution is 0.438. The topological polar surface area (TPSA) is 52.0 Å². The number of halogens is 1. The molecule has 0 saturated heterocycles. The molecule has 1 heterocycles. The van der Waals surface area contributed by atoms with E-state index in [9.17, 15) is 0 Å². The van der Waals surface area contributed by atoms with Crippen molar-refractivity contribution in [1.82, 2.24) is 4.98 Å². The molecule has 2 rings (SSSR count). The zero-order chi connectivity index (χ0) is 11.5. The summed E-state index contributed by atoms with van der Waals surface area (Å²) in [6, 6.07) is 5.46. The number of benzene rings is 1. The quantitative estimate of drug-likeness (QED) is 0.891. The minimum atomic E-state index is 0.434. The SMILES string of the molecule is CCC(CN)Cc1nc2cc(Cl)ccc2o1. The molecule has 86 valence electrons. The normalized spacial score (nSPS) is 13.2. The van der Waals surface area contributed by atoms with Crippen LogP contribution in [-0.2, 0) is 6.42 Å². The van der Waals surface area contributed by atoms with Crippen LogP contribution in [0.1, 0.15) is 19.2 Å². The highest BCUT2D eigenvalue weighted by molar-refractivity contribution is 6.31. The number of nitrogens with two attached hydrogens (primary N) is 1. The van der Waals surface area contributed by atoms with E-state index in [4.69, 9.17) is 21.8 Å². The molecule has 1 atom stereocenters. The maximum atomic E-state index is 5.89. The molecule has 1 aromatic heterocycles. The third-order valence-corrected chi connectivity index (χ3v) is 3.00. The lowest BCUT2D eigenvalue weighted by atomic mass is 10.0. The van der Waals surface area contributed by atoms with Crippen LogP contribution in [0.4, 0.5) is 0 Å². The van der Waals surface area contributed by atoms with E-state index >= 15 is 0 Å². The van der Waals surface area contributed by atoms with Crippen LogP contribution >= 0.6 is 11.6 Å². The van der Waals surface area contributed by atoms with E-state index < -0.39 is 0 Å². The molecule has 0 radical (unpaired) electrons. The number of fused-ring (bicyclic) bond motifs is 1. The summed E-state index contributed by atoms with van der Waals surface area (Å²) in [6.07, 6.45) is 1.83. The maximum absolute atomic E-state index is 5.89. The van der Waals surface area contributed by atoms with Crippen molar-refractivity contribution < 1.29 is 4.42 Å². The summed E-state index contributed by atoms with van der Waals surface area (Å²) in [5, 5.41) is 0.679. The molecule has 0 bridgehead atoms. The van der Waals surface area contributed by atoms with Crippen LogP contribution in [-0.4, -0.2) is 11.5 Å². The van der Waals surface area contributed by atoms with Crippen molar-refractivity contribution in [2.45, 2.75) is 19.8 Å². The first-order valence-electron chi connectivity index (χ1n) is 5.48.